The molecule has 2 nitrogen and oxygen atoms in total. The third kappa shape index (κ3) is 3.27. The predicted molar refractivity (Wildman–Crippen MR) is 139 cm³/mol. The number of aromatic nitrogens is 2. The van der Waals surface area contributed by atoms with Crippen LogP contribution in [-0.2, 0) is 14.1 Å². The Labute approximate surface area is 194 Å². The molecule has 0 aliphatic carbocycles. The maximum Gasteiger partial charge on any atom is 0.0480 e. The first-order valence-corrected chi connectivity index (χ1v) is 11.4. The van der Waals surface area contributed by atoms with E-state index in [2.05, 4.69) is 139 Å². The van der Waals surface area contributed by atoms with Crippen molar-refractivity contribution in [2.75, 3.05) is 0 Å². The van der Waals surface area contributed by atoms with Gasteiger partial charge in [-0.25, -0.2) is 0 Å². The number of nitrogens with zero attached hydrogens (tertiary/aromatic N) is 2. The van der Waals surface area contributed by atoms with Crippen LogP contribution in [0.15, 0.2) is 116 Å². The van der Waals surface area contributed by atoms with E-state index in [1.54, 1.807) is 0 Å². The molecule has 160 valence electrons. The smallest absolute Gasteiger partial charge is 0.0480 e. The van der Waals surface area contributed by atoms with E-state index in [0.29, 0.717) is 0 Å². The number of benzene rings is 4. The molecule has 0 aliphatic heterocycles. The van der Waals surface area contributed by atoms with Crippen LogP contribution in [0.3, 0.4) is 0 Å². The lowest BCUT2D eigenvalue weighted by atomic mass is 9.84. The molecule has 0 N–H and O–H groups in total. The SMILES string of the molecule is Cn1cc(C(c2ccc(-c3ccccc3)cc2)c2cn(C)c3ccccc23)c2ccccc21. The van der Waals surface area contributed by atoms with Crippen molar-refractivity contribution in [2.24, 2.45) is 14.1 Å². The molecule has 0 spiro atoms. The summed E-state index contributed by atoms with van der Waals surface area (Å²) in [6.07, 6.45) is 4.62. The molecule has 6 aromatic rings. The monoisotopic (exact) mass is 426 g/mol. The van der Waals surface area contributed by atoms with Crippen LogP contribution in [0.25, 0.3) is 32.9 Å². The van der Waals surface area contributed by atoms with Crippen molar-refractivity contribution in [2.45, 2.75) is 5.92 Å². The third-order valence-corrected chi connectivity index (χ3v) is 6.83. The summed E-state index contributed by atoms with van der Waals surface area (Å²) in [6.45, 7) is 0. The van der Waals surface area contributed by atoms with Gasteiger partial charge in [0.25, 0.3) is 0 Å². The standard InChI is InChI=1S/C31H26N2/c1-32-20-27(25-12-6-8-14-29(25)32)31(28-21-33(2)30-15-9-7-13-26(28)30)24-18-16-23(17-19-24)22-10-4-3-5-11-22/h3-21,31H,1-2H3. The van der Waals surface area contributed by atoms with Crippen LogP contribution in [0.1, 0.15) is 22.6 Å². The second kappa shape index (κ2) is 7.83. The fourth-order valence-electron chi connectivity index (χ4n) is 5.23. The molecule has 6 rings (SSSR count). The Morgan fingerprint density at radius 1 is 0.485 bits per heavy atom. The molecule has 2 heterocycles. The van der Waals surface area contributed by atoms with E-state index in [9.17, 15) is 0 Å². The molecule has 2 heteroatoms. The maximum atomic E-state index is 2.31. The molecule has 4 aromatic carbocycles. The van der Waals surface area contributed by atoms with Crippen LogP contribution in [0, 0.1) is 0 Å². The quantitative estimate of drug-likeness (QED) is 0.276. The molecule has 0 saturated carbocycles. The Bertz CT molecular complexity index is 1490. The van der Waals surface area contributed by atoms with Crippen molar-refractivity contribution in [3.63, 3.8) is 0 Å². The van der Waals surface area contributed by atoms with Gasteiger partial charge in [0.2, 0.25) is 0 Å². The van der Waals surface area contributed by atoms with Gasteiger partial charge in [-0.1, -0.05) is 91.0 Å². The molecule has 0 fully saturated rings. The van der Waals surface area contributed by atoms with Gasteiger partial charge < -0.3 is 9.13 Å². The first-order chi connectivity index (χ1) is 16.2. The summed E-state index contributed by atoms with van der Waals surface area (Å²) >= 11 is 0. The zero-order valence-electron chi connectivity index (χ0n) is 18.9. The molecule has 0 aliphatic rings. The average molecular weight is 427 g/mol. The molecule has 0 amide bonds. The minimum atomic E-state index is 0.145. The zero-order valence-corrected chi connectivity index (χ0v) is 18.9. The highest BCUT2D eigenvalue weighted by atomic mass is 14.9. The number of rotatable bonds is 4. The van der Waals surface area contributed by atoms with Gasteiger partial charge in [0.15, 0.2) is 0 Å². The molecular weight excluding hydrogens is 400 g/mol. The van der Waals surface area contributed by atoms with Gasteiger partial charge in [-0.2, -0.15) is 0 Å². The Balaban J connectivity index is 1.58. The number of aryl methyl sites for hydroxylation is 2. The van der Waals surface area contributed by atoms with Crippen molar-refractivity contribution >= 4 is 21.8 Å². The number of fused-ring (bicyclic) bond motifs is 2. The molecule has 0 saturated heterocycles. The molecule has 33 heavy (non-hydrogen) atoms. The van der Waals surface area contributed by atoms with Crippen molar-refractivity contribution in [3.8, 4) is 11.1 Å². The highest BCUT2D eigenvalue weighted by Gasteiger charge is 2.24. The third-order valence-electron chi connectivity index (χ3n) is 6.83. The first kappa shape index (κ1) is 19.6. The highest BCUT2D eigenvalue weighted by molar-refractivity contribution is 5.90. The number of hydrogen-bond donors (Lipinski definition) is 0. The topological polar surface area (TPSA) is 9.86 Å². The second-order valence-electron chi connectivity index (χ2n) is 8.85. The van der Waals surface area contributed by atoms with E-state index in [-0.39, 0.29) is 5.92 Å². The Hall–Kier alpha value is -4.04. The van der Waals surface area contributed by atoms with Gasteiger partial charge in [-0.05, 0) is 39.9 Å². The van der Waals surface area contributed by atoms with E-state index in [1.165, 1.54) is 49.6 Å². The summed E-state index contributed by atoms with van der Waals surface area (Å²) in [7, 11) is 4.29. The molecule has 0 unspecified atom stereocenters. The fourth-order valence-corrected chi connectivity index (χ4v) is 5.23. The van der Waals surface area contributed by atoms with Crippen LogP contribution in [0.5, 0.6) is 0 Å². The minimum Gasteiger partial charge on any atom is -0.350 e. The Morgan fingerprint density at radius 3 is 1.48 bits per heavy atom. The van der Waals surface area contributed by atoms with Crippen LogP contribution in [0.4, 0.5) is 0 Å². The van der Waals surface area contributed by atoms with Crippen LogP contribution in [0.2, 0.25) is 0 Å². The van der Waals surface area contributed by atoms with E-state index < -0.39 is 0 Å². The largest absolute Gasteiger partial charge is 0.350 e. The predicted octanol–water partition coefficient (Wildman–Crippen LogP) is 7.52. The summed E-state index contributed by atoms with van der Waals surface area (Å²) in [5.41, 5.74) is 9.01. The highest BCUT2D eigenvalue weighted by Crippen LogP contribution is 2.41. The molecule has 0 atom stereocenters. The van der Waals surface area contributed by atoms with E-state index in [4.69, 9.17) is 0 Å². The average Bonchev–Trinajstić information content (AvgIpc) is 3.38. The van der Waals surface area contributed by atoms with Crippen molar-refractivity contribution in [1.82, 2.24) is 9.13 Å². The van der Waals surface area contributed by atoms with Gasteiger partial charge in [-0.15, -0.1) is 0 Å². The normalized spacial score (nSPS) is 11.6. The lowest BCUT2D eigenvalue weighted by Crippen LogP contribution is -2.03. The molecule has 0 bridgehead atoms. The lowest BCUT2D eigenvalue weighted by molar-refractivity contribution is 0.912. The van der Waals surface area contributed by atoms with E-state index in [0.717, 1.165) is 0 Å². The maximum absolute atomic E-state index is 2.31. The van der Waals surface area contributed by atoms with Gasteiger partial charge in [0, 0.05) is 54.2 Å². The summed E-state index contributed by atoms with van der Waals surface area (Å²) < 4.78 is 4.50. The fraction of sp³-hybridized carbons (Fsp3) is 0.0968. The minimum absolute atomic E-state index is 0.145. The summed E-state index contributed by atoms with van der Waals surface area (Å²) in [4.78, 5) is 0. The summed E-state index contributed by atoms with van der Waals surface area (Å²) in [5.74, 6) is 0.145. The van der Waals surface area contributed by atoms with Crippen LogP contribution in [-0.4, -0.2) is 9.13 Å². The van der Waals surface area contributed by atoms with Crippen molar-refractivity contribution in [1.29, 1.82) is 0 Å². The Kier molecular flexibility index (Phi) is 4.66. The summed E-state index contributed by atoms with van der Waals surface area (Å²) in [5, 5.41) is 2.62. The summed E-state index contributed by atoms with van der Waals surface area (Å²) in [6, 6.07) is 37.2. The van der Waals surface area contributed by atoms with Crippen LogP contribution >= 0.6 is 0 Å². The van der Waals surface area contributed by atoms with Gasteiger partial charge in [0.05, 0.1) is 0 Å². The second-order valence-corrected chi connectivity index (χ2v) is 8.85. The van der Waals surface area contributed by atoms with Crippen molar-refractivity contribution in [3.05, 3.63) is 132 Å². The zero-order chi connectivity index (χ0) is 22.4. The van der Waals surface area contributed by atoms with Gasteiger partial charge >= 0.3 is 0 Å². The molecule has 2 aromatic heterocycles. The van der Waals surface area contributed by atoms with Crippen molar-refractivity contribution < 1.29 is 0 Å². The van der Waals surface area contributed by atoms with Gasteiger partial charge in [-0.3, -0.25) is 0 Å². The van der Waals surface area contributed by atoms with E-state index in [1.807, 2.05) is 0 Å². The first-order valence-electron chi connectivity index (χ1n) is 11.4. The number of hydrogen-bond acceptors (Lipinski definition) is 0. The van der Waals surface area contributed by atoms with Crippen LogP contribution < -0.4 is 0 Å². The van der Waals surface area contributed by atoms with Gasteiger partial charge in [0.1, 0.15) is 0 Å². The Morgan fingerprint density at radius 2 is 0.939 bits per heavy atom. The van der Waals surface area contributed by atoms with E-state index >= 15 is 0 Å². The number of para-hydroxylation sites is 2. The molecule has 0 radical (unpaired) electrons. The molecular formula is C31H26N2. The lowest BCUT2D eigenvalue weighted by Gasteiger charge is -2.18.